The first kappa shape index (κ1) is 26.7. The molecule has 9 nitrogen and oxygen atoms in total. The van der Waals surface area contributed by atoms with Gasteiger partial charge in [-0.05, 0) is 48.0 Å². The number of amides is 1. The van der Waals surface area contributed by atoms with Gasteiger partial charge < -0.3 is 19.2 Å². The molecule has 0 spiro atoms. The van der Waals surface area contributed by atoms with Gasteiger partial charge in [0, 0.05) is 31.1 Å². The van der Waals surface area contributed by atoms with E-state index in [1.807, 2.05) is 0 Å². The number of esters is 1. The average Bonchev–Trinajstić information content (AvgIpc) is 3.28. The second-order valence-electron chi connectivity index (χ2n) is 8.42. The molecule has 3 aromatic carbocycles. The molecule has 1 heterocycles. The van der Waals surface area contributed by atoms with E-state index < -0.39 is 27.7 Å². The third kappa shape index (κ3) is 5.32. The molecule has 0 fully saturated rings. The van der Waals surface area contributed by atoms with Crippen LogP contribution < -0.4 is 14.4 Å². The molecule has 38 heavy (non-hydrogen) atoms. The Morgan fingerprint density at radius 3 is 2.29 bits per heavy atom. The summed E-state index contributed by atoms with van der Waals surface area (Å²) in [7, 11) is 0.444. The van der Waals surface area contributed by atoms with Crippen LogP contribution in [0.1, 0.15) is 26.3 Å². The molecule has 1 N–H and O–H groups in total. The van der Waals surface area contributed by atoms with Gasteiger partial charge in [-0.1, -0.05) is 12.1 Å². The number of methoxy groups -OCH3 is 1. The van der Waals surface area contributed by atoms with Crippen LogP contribution in [-0.2, 0) is 21.4 Å². The first-order valence-corrected chi connectivity index (χ1v) is 13.2. The summed E-state index contributed by atoms with van der Waals surface area (Å²) in [5, 5.41) is 2.96. The van der Waals surface area contributed by atoms with Crippen LogP contribution in [0.25, 0.3) is 22.3 Å². The van der Waals surface area contributed by atoms with Gasteiger partial charge in [0.25, 0.3) is 5.91 Å². The van der Waals surface area contributed by atoms with Crippen LogP contribution in [0, 0.1) is 5.82 Å². The highest BCUT2D eigenvalue weighted by Gasteiger charge is 2.26. The molecule has 4 rings (SSSR count). The predicted molar refractivity (Wildman–Crippen MR) is 140 cm³/mol. The topological polar surface area (TPSA) is 115 Å². The summed E-state index contributed by atoms with van der Waals surface area (Å²) < 4.78 is 56.1. The van der Waals surface area contributed by atoms with E-state index in [2.05, 4.69) is 5.32 Å². The summed E-state index contributed by atoms with van der Waals surface area (Å²) in [5.41, 5.74) is 2.16. The lowest BCUT2D eigenvalue weighted by Gasteiger charge is -2.20. The van der Waals surface area contributed by atoms with E-state index in [9.17, 15) is 22.4 Å². The maximum absolute atomic E-state index is 13.5. The van der Waals surface area contributed by atoms with E-state index in [0.29, 0.717) is 22.1 Å². The molecule has 198 valence electrons. The lowest BCUT2D eigenvalue weighted by atomic mass is 10.0. The Labute approximate surface area is 218 Å². The number of anilines is 1. The maximum atomic E-state index is 13.5. The molecule has 1 aromatic heterocycles. The summed E-state index contributed by atoms with van der Waals surface area (Å²) in [6, 6.07) is 15.0. The van der Waals surface area contributed by atoms with Gasteiger partial charge in [0.15, 0.2) is 0 Å². The van der Waals surface area contributed by atoms with Crippen LogP contribution in [0.4, 0.5) is 10.1 Å². The van der Waals surface area contributed by atoms with E-state index in [4.69, 9.17) is 13.9 Å². The van der Waals surface area contributed by atoms with E-state index in [-0.39, 0.29) is 35.0 Å². The van der Waals surface area contributed by atoms with E-state index in [1.54, 1.807) is 24.3 Å². The smallest absolute Gasteiger partial charge is 0.337 e. The lowest BCUT2D eigenvalue weighted by molar-refractivity contribution is 0.0600. The van der Waals surface area contributed by atoms with Gasteiger partial charge in [-0.15, -0.1) is 0 Å². The fraction of sp³-hybridized carbons (Fsp3) is 0.185. The highest BCUT2D eigenvalue weighted by atomic mass is 32.2. The van der Waals surface area contributed by atoms with Gasteiger partial charge in [0.2, 0.25) is 10.0 Å². The SMILES string of the molecule is CNC(=O)c1c(-c2ccc(F)cc2)oc2cc(N(C)S(C)(=O)=O)c(OCc3ccc(C(=O)OC)cc3)cc12. The molecule has 0 saturated heterocycles. The predicted octanol–water partition coefficient (Wildman–Crippen LogP) is 4.36. The Morgan fingerprint density at radius 2 is 1.71 bits per heavy atom. The Hall–Kier alpha value is -4.38. The van der Waals surface area contributed by atoms with Crippen LogP contribution >= 0.6 is 0 Å². The van der Waals surface area contributed by atoms with Crippen molar-refractivity contribution in [2.24, 2.45) is 0 Å². The van der Waals surface area contributed by atoms with Crippen molar-refractivity contribution in [2.75, 3.05) is 31.8 Å². The minimum absolute atomic E-state index is 0.0372. The van der Waals surface area contributed by atoms with Gasteiger partial charge >= 0.3 is 5.97 Å². The summed E-state index contributed by atoms with van der Waals surface area (Å²) >= 11 is 0. The third-order valence-electron chi connectivity index (χ3n) is 5.94. The molecule has 11 heteroatoms. The largest absolute Gasteiger partial charge is 0.487 e. The summed E-state index contributed by atoms with van der Waals surface area (Å²) in [6.45, 7) is 0.0372. The Kier molecular flexibility index (Phi) is 7.40. The third-order valence-corrected chi connectivity index (χ3v) is 7.13. The molecule has 0 unspecified atom stereocenters. The molecule has 0 aliphatic carbocycles. The quantitative estimate of drug-likeness (QED) is 0.330. The number of carbonyl (C=O) groups is 2. The number of benzene rings is 3. The number of nitrogens with one attached hydrogen (secondary N) is 1. The van der Waals surface area contributed by atoms with Crippen molar-refractivity contribution in [3.05, 3.63) is 83.2 Å². The summed E-state index contributed by atoms with van der Waals surface area (Å²) in [5.74, 6) is -0.990. The molecule has 0 saturated carbocycles. The van der Waals surface area contributed by atoms with Crippen LogP contribution in [0.2, 0.25) is 0 Å². The van der Waals surface area contributed by atoms with Gasteiger partial charge in [-0.3, -0.25) is 9.10 Å². The molecule has 0 atom stereocenters. The van der Waals surface area contributed by atoms with E-state index in [0.717, 1.165) is 10.6 Å². The number of carbonyl (C=O) groups excluding carboxylic acids is 2. The monoisotopic (exact) mass is 540 g/mol. The normalized spacial score (nSPS) is 11.3. The van der Waals surface area contributed by atoms with Crippen molar-refractivity contribution in [1.29, 1.82) is 0 Å². The van der Waals surface area contributed by atoms with Crippen LogP contribution in [0.5, 0.6) is 5.75 Å². The molecular weight excluding hydrogens is 515 g/mol. The fourth-order valence-corrected chi connectivity index (χ4v) is 4.32. The Balaban J connectivity index is 1.83. The average molecular weight is 541 g/mol. The fourth-order valence-electron chi connectivity index (χ4n) is 3.82. The number of rotatable bonds is 8. The van der Waals surface area contributed by atoms with Crippen LogP contribution in [0.3, 0.4) is 0 Å². The van der Waals surface area contributed by atoms with Crippen molar-refractivity contribution in [1.82, 2.24) is 5.32 Å². The number of nitrogens with zero attached hydrogens (tertiary/aromatic N) is 1. The first-order valence-electron chi connectivity index (χ1n) is 11.4. The highest BCUT2D eigenvalue weighted by Crippen LogP contribution is 2.41. The number of halogens is 1. The van der Waals surface area contributed by atoms with E-state index in [1.165, 1.54) is 57.6 Å². The van der Waals surface area contributed by atoms with Crippen molar-refractivity contribution in [3.63, 3.8) is 0 Å². The number of hydrogen-bond acceptors (Lipinski definition) is 7. The molecule has 0 bridgehead atoms. The first-order chi connectivity index (χ1) is 18.0. The van der Waals surface area contributed by atoms with Crippen molar-refractivity contribution in [3.8, 4) is 17.1 Å². The minimum Gasteiger partial charge on any atom is -0.487 e. The van der Waals surface area contributed by atoms with Crippen molar-refractivity contribution >= 4 is 38.6 Å². The Bertz CT molecular complexity index is 1610. The second kappa shape index (κ2) is 10.5. The molecule has 0 aliphatic heterocycles. The number of hydrogen-bond donors (Lipinski definition) is 1. The molecule has 4 aromatic rings. The van der Waals surface area contributed by atoms with E-state index >= 15 is 0 Å². The van der Waals surface area contributed by atoms with Crippen molar-refractivity contribution in [2.45, 2.75) is 6.61 Å². The molecule has 1 amide bonds. The number of ether oxygens (including phenoxy) is 2. The summed E-state index contributed by atoms with van der Waals surface area (Å²) in [6.07, 6.45) is 1.05. The molecule has 0 radical (unpaired) electrons. The zero-order chi connectivity index (χ0) is 27.6. The highest BCUT2D eigenvalue weighted by molar-refractivity contribution is 7.92. The summed E-state index contributed by atoms with van der Waals surface area (Å²) in [4.78, 5) is 24.6. The van der Waals surface area contributed by atoms with Gasteiger partial charge in [0.1, 0.15) is 29.5 Å². The molecular formula is C27H25FN2O7S. The van der Waals surface area contributed by atoms with Gasteiger partial charge in [-0.2, -0.15) is 0 Å². The van der Waals surface area contributed by atoms with Gasteiger partial charge in [-0.25, -0.2) is 17.6 Å². The molecule has 0 aliphatic rings. The Morgan fingerprint density at radius 1 is 1.05 bits per heavy atom. The number of furan rings is 1. The zero-order valence-corrected chi connectivity index (χ0v) is 21.9. The second-order valence-corrected chi connectivity index (χ2v) is 10.4. The number of fused-ring (bicyclic) bond motifs is 1. The standard InChI is InChI=1S/C27H25FN2O7S/c1-29-26(31)24-20-13-23(36-15-16-5-7-18(8-6-16)27(32)35-3)21(30(2)38(4,33)34)14-22(20)37-25(24)17-9-11-19(28)12-10-17/h5-14H,15H2,1-4H3,(H,29,31). The van der Waals surface area contributed by atoms with Crippen LogP contribution in [-0.4, -0.2) is 47.8 Å². The zero-order valence-electron chi connectivity index (χ0n) is 21.1. The van der Waals surface area contributed by atoms with Crippen LogP contribution in [0.15, 0.2) is 65.1 Å². The lowest BCUT2D eigenvalue weighted by Crippen LogP contribution is -2.25. The maximum Gasteiger partial charge on any atom is 0.337 e. The minimum atomic E-state index is -3.69. The van der Waals surface area contributed by atoms with Crippen molar-refractivity contribution < 1.29 is 36.3 Å². The van der Waals surface area contributed by atoms with Gasteiger partial charge in [0.05, 0.1) is 30.2 Å². The number of sulfonamides is 1.